The van der Waals surface area contributed by atoms with E-state index in [1.807, 2.05) is 0 Å². The van der Waals surface area contributed by atoms with E-state index in [2.05, 4.69) is 20.8 Å². The highest BCUT2D eigenvalue weighted by Gasteiger charge is 2.49. The van der Waals surface area contributed by atoms with Crippen molar-refractivity contribution in [2.24, 2.45) is 16.2 Å². The first-order valence-corrected chi connectivity index (χ1v) is 10.4. The van der Waals surface area contributed by atoms with E-state index in [4.69, 9.17) is 23.7 Å². The van der Waals surface area contributed by atoms with Crippen molar-refractivity contribution in [3.05, 3.63) is 0 Å². The first-order valence-electron chi connectivity index (χ1n) is 10.4. The SMILES string of the molecule is CC1CC(C)(COCC2(COCC3(C)CCC4OC4C3)COC2)CCO1. The maximum atomic E-state index is 6.20. The van der Waals surface area contributed by atoms with Gasteiger partial charge in [-0.3, -0.25) is 0 Å². The van der Waals surface area contributed by atoms with Crippen LogP contribution in [-0.4, -0.2) is 64.6 Å². The fourth-order valence-electron chi connectivity index (χ4n) is 4.94. The molecule has 5 nitrogen and oxygen atoms in total. The summed E-state index contributed by atoms with van der Waals surface area (Å²) in [6, 6.07) is 0. The van der Waals surface area contributed by atoms with Crippen molar-refractivity contribution in [3.63, 3.8) is 0 Å². The van der Waals surface area contributed by atoms with Crippen LogP contribution in [0, 0.1) is 16.2 Å². The molecular weight excluding hydrogens is 332 g/mol. The van der Waals surface area contributed by atoms with Crippen LogP contribution in [0.25, 0.3) is 0 Å². The lowest BCUT2D eigenvalue weighted by Crippen LogP contribution is -2.51. The van der Waals surface area contributed by atoms with Crippen molar-refractivity contribution in [2.45, 2.75) is 71.2 Å². The topological polar surface area (TPSA) is 49.5 Å². The van der Waals surface area contributed by atoms with Crippen LogP contribution in [0.15, 0.2) is 0 Å². The van der Waals surface area contributed by atoms with Crippen molar-refractivity contribution >= 4 is 0 Å². The first-order chi connectivity index (χ1) is 12.4. The fraction of sp³-hybridized carbons (Fsp3) is 1.00. The molecule has 4 aliphatic rings. The van der Waals surface area contributed by atoms with E-state index in [9.17, 15) is 0 Å². The molecule has 150 valence electrons. The lowest BCUT2D eigenvalue weighted by molar-refractivity contribution is -0.190. The third-order valence-corrected chi connectivity index (χ3v) is 6.84. The largest absolute Gasteiger partial charge is 0.380 e. The molecular formula is C21H36O5. The average molecular weight is 369 g/mol. The van der Waals surface area contributed by atoms with Gasteiger partial charge in [-0.1, -0.05) is 13.8 Å². The molecule has 3 heterocycles. The average Bonchev–Trinajstić information content (AvgIpc) is 3.29. The molecule has 0 radical (unpaired) electrons. The molecule has 1 saturated carbocycles. The Morgan fingerprint density at radius 2 is 1.58 bits per heavy atom. The van der Waals surface area contributed by atoms with Gasteiger partial charge in [-0.25, -0.2) is 0 Å². The van der Waals surface area contributed by atoms with Crippen LogP contribution < -0.4 is 0 Å². The van der Waals surface area contributed by atoms with Gasteiger partial charge in [0, 0.05) is 6.61 Å². The van der Waals surface area contributed by atoms with Gasteiger partial charge in [-0.2, -0.15) is 0 Å². The molecule has 0 aromatic carbocycles. The van der Waals surface area contributed by atoms with E-state index in [1.165, 1.54) is 12.8 Å². The Labute approximate surface area is 158 Å². The van der Waals surface area contributed by atoms with E-state index in [0.717, 1.165) is 65.5 Å². The van der Waals surface area contributed by atoms with Gasteiger partial charge in [0.25, 0.3) is 0 Å². The molecule has 0 amide bonds. The highest BCUT2D eigenvalue weighted by Crippen LogP contribution is 2.46. The number of ether oxygens (including phenoxy) is 5. The van der Waals surface area contributed by atoms with Crippen LogP contribution in [0.2, 0.25) is 0 Å². The molecule has 3 aliphatic heterocycles. The number of hydrogen-bond acceptors (Lipinski definition) is 5. The minimum atomic E-state index is 0.0524. The number of epoxide rings is 1. The molecule has 0 aromatic heterocycles. The number of rotatable bonds is 8. The molecule has 0 bridgehead atoms. The summed E-state index contributed by atoms with van der Waals surface area (Å²) >= 11 is 0. The maximum absolute atomic E-state index is 6.20. The summed E-state index contributed by atoms with van der Waals surface area (Å²) in [5.41, 5.74) is 0.563. The van der Waals surface area contributed by atoms with Gasteiger partial charge in [-0.15, -0.1) is 0 Å². The van der Waals surface area contributed by atoms with Crippen molar-refractivity contribution < 1.29 is 23.7 Å². The molecule has 5 heteroatoms. The predicted octanol–water partition coefficient (Wildman–Crippen LogP) is 3.20. The van der Waals surface area contributed by atoms with Crippen molar-refractivity contribution in [1.82, 2.24) is 0 Å². The maximum Gasteiger partial charge on any atom is 0.0848 e. The normalized spacial score (nSPS) is 44.2. The predicted molar refractivity (Wildman–Crippen MR) is 98.3 cm³/mol. The first kappa shape index (κ1) is 19.1. The van der Waals surface area contributed by atoms with E-state index in [1.54, 1.807) is 0 Å². The zero-order valence-electron chi connectivity index (χ0n) is 16.8. The van der Waals surface area contributed by atoms with E-state index >= 15 is 0 Å². The molecule has 5 atom stereocenters. The molecule has 1 aliphatic carbocycles. The molecule has 0 spiro atoms. The number of fused-ring (bicyclic) bond motifs is 1. The van der Waals surface area contributed by atoms with Crippen molar-refractivity contribution in [3.8, 4) is 0 Å². The zero-order chi connectivity index (χ0) is 18.3. The summed E-state index contributed by atoms with van der Waals surface area (Å²) in [6.07, 6.45) is 7.12. The second kappa shape index (κ2) is 7.32. The Hall–Kier alpha value is -0.200. The van der Waals surface area contributed by atoms with E-state index in [-0.39, 0.29) is 16.2 Å². The highest BCUT2D eigenvalue weighted by atomic mass is 16.6. The third kappa shape index (κ3) is 4.44. The van der Waals surface area contributed by atoms with Gasteiger partial charge >= 0.3 is 0 Å². The van der Waals surface area contributed by atoms with E-state index < -0.39 is 0 Å². The Morgan fingerprint density at radius 1 is 0.885 bits per heavy atom. The number of hydrogen-bond donors (Lipinski definition) is 0. The van der Waals surface area contributed by atoms with Gasteiger partial charge in [0.2, 0.25) is 0 Å². The molecule has 26 heavy (non-hydrogen) atoms. The molecule has 4 rings (SSSR count). The summed E-state index contributed by atoms with van der Waals surface area (Å²) in [5, 5.41) is 0. The Kier molecular flexibility index (Phi) is 5.39. The van der Waals surface area contributed by atoms with Crippen LogP contribution in [0.5, 0.6) is 0 Å². The van der Waals surface area contributed by atoms with Gasteiger partial charge in [0.1, 0.15) is 0 Å². The Balaban J connectivity index is 1.19. The summed E-state index contributed by atoms with van der Waals surface area (Å²) < 4.78 is 29.3. The lowest BCUT2D eigenvalue weighted by Gasteiger charge is -2.43. The second-order valence-electron chi connectivity index (χ2n) is 10.2. The standard InChI is InChI=1S/C21H36O5/c1-16-8-20(3,6-7-25-16)11-23-13-21(14-24-15-21)12-22-10-19(2)5-4-17-18(9-19)26-17/h16-18H,4-15H2,1-3H3. The second-order valence-corrected chi connectivity index (χ2v) is 10.2. The molecule has 0 aromatic rings. The van der Waals surface area contributed by atoms with Gasteiger partial charge in [-0.05, 0) is 49.9 Å². The minimum absolute atomic E-state index is 0.0524. The fourth-order valence-corrected chi connectivity index (χ4v) is 4.94. The van der Waals surface area contributed by atoms with Crippen LogP contribution in [-0.2, 0) is 23.7 Å². The van der Waals surface area contributed by atoms with Crippen LogP contribution in [0.3, 0.4) is 0 Å². The Bertz CT molecular complexity index is 475. The van der Waals surface area contributed by atoms with Crippen molar-refractivity contribution in [1.29, 1.82) is 0 Å². The lowest BCUT2D eigenvalue weighted by atomic mass is 9.76. The monoisotopic (exact) mass is 368 g/mol. The van der Waals surface area contributed by atoms with Crippen molar-refractivity contribution in [2.75, 3.05) is 46.2 Å². The highest BCUT2D eigenvalue weighted by molar-refractivity contribution is 4.97. The summed E-state index contributed by atoms with van der Waals surface area (Å²) in [7, 11) is 0. The van der Waals surface area contributed by atoms with Gasteiger partial charge < -0.3 is 23.7 Å². The molecule has 5 unspecified atom stereocenters. The third-order valence-electron chi connectivity index (χ3n) is 6.84. The quantitative estimate of drug-likeness (QED) is 0.616. The summed E-state index contributed by atoms with van der Waals surface area (Å²) in [4.78, 5) is 0. The summed E-state index contributed by atoms with van der Waals surface area (Å²) in [6.45, 7) is 12.3. The van der Waals surface area contributed by atoms with Gasteiger partial charge in [0.15, 0.2) is 0 Å². The minimum Gasteiger partial charge on any atom is -0.380 e. The van der Waals surface area contributed by atoms with Crippen LogP contribution >= 0.6 is 0 Å². The molecule has 4 fully saturated rings. The smallest absolute Gasteiger partial charge is 0.0848 e. The van der Waals surface area contributed by atoms with Crippen LogP contribution in [0.4, 0.5) is 0 Å². The summed E-state index contributed by atoms with van der Waals surface area (Å²) in [5.74, 6) is 0. The molecule has 3 saturated heterocycles. The van der Waals surface area contributed by atoms with Crippen LogP contribution in [0.1, 0.15) is 52.9 Å². The van der Waals surface area contributed by atoms with Gasteiger partial charge in [0.05, 0.1) is 63.4 Å². The molecule has 0 N–H and O–H groups in total. The van der Waals surface area contributed by atoms with E-state index in [0.29, 0.717) is 18.3 Å². The zero-order valence-corrected chi connectivity index (χ0v) is 16.8. The Morgan fingerprint density at radius 3 is 2.15 bits per heavy atom.